The second-order valence-electron chi connectivity index (χ2n) is 4.04. The molecule has 0 radical (unpaired) electrons. The third-order valence-electron chi connectivity index (χ3n) is 3.01. The quantitative estimate of drug-likeness (QED) is 0.819. The number of thiocarbonyl (C=S) groups is 1. The summed E-state index contributed by atoms with van der Waals surface area (Å²) in [7, 11) is 0. The zero-order valence-electron chi connectivity index (χ0n) is 10.5. The van der Waals surface area contributed by atoms with Crippen molar-refractivity contribution < 1.29 is 4.39 Å². The molecule has 0 fully saturated rings. The van der Waals surface area contributed by atoms with E-state index in [1.165, 1.54) is 6.07 Å². The topological polar surface area (TPSA) is 29.3 Å². The van der Waals surface area contributed by atoms with Crippen molar-refractivity contribution in [3.63, 3.8) is 0 Å². The monoisotopic (exact) mass is 254 g/mol. The lowest BCUT2D eigenvalue weighted by Crippen LogP contribution is -2.34. The standard InChI is InChI=1S/C13H19FN2S/c1-4-9(3)16(5-2)11-8-6-7-10(14)12(11)13(15)17/h6-9H,4-5H2,1-3H3,(H2,15,17). The Bertz CT molecular complexity index is 406. The molecule has 94 valence electrons. The van der Waals surface area contributed by atoms with E-state index in [-0.39, 0.29) is 10.8 Å². The van der Waals surface area contributed by atoms with E-state index in [1.807, 2.05) is 13.0 Å². The molecule has 0 spiro atoms. The van der Waals surface area contributed by atoms with Gasteiger partial charge >= 0.3 is 0 Å². The SMILES string of the molecule is CCC(C)N(CC)c1cccc(F)c1C(N)=S. The van der Waals surface area contributed by atoms with Crippen LogP contribution in [-0.4, -0.2) is 17.6 Å². The van der Waals surface area contributed by atoms with Crippen molar-refractivity contribution in [2.45, 2.75) is 33.2 Å². The summed E-state index contributed by atoms with van der Waals surface area (Å²) in [6.07, 6.45) is 0.987. The van der Waals surface area contributed by atoms with Crippen LogP contribution in [0.3, 0.4) is 0 Å². The third-order valence-corrected chi connectivity index (χ3v) is 3.22. The Labute approximate surface area is 108 Å². The summed E-state index contributed by atoms with van der Waals surface area (Å²) in [4.78, 5) is 2.23. The largest absolute Gasteiger partial charge is 0.389 e. The zero-order chi connectivity index (χ0) is 13.0. The Morgan fingerprint density at radius 2 is 2.12 bits per heavy atom. The number of rotatable bonds is 5. The van der Waals surface area contributed by atoms with E-state index >= 15 is 0 Å². The van der Waals surface area contributed by atoms with Gasteiger partial charge in [0, 0.05) is 12.6 Å². The molecular formula is C13H19FN2S. The minimum absolute atomic E-state index is 0.111. The van der Waals surface area contributed by atoms with Gasteiger partial charge in [-0.3, -0.25) is 0 Å². The molecule has 0 heterocycles. The number of hydrogen-bond acceptors (Lipinski definition) is 2. The maximum atomic E-state index is 13.8. The lowest BCUT2D eigenvalue weighted by Gasteiger charge is -2.31. The van der Waals surface area contributed by atoms with E-state index in [2.05, 4.69) is 18.7 Å². The molecule has 17 heavy (non-hydrogen) atoms. The van der Waals surface area contributed by atoms with Crippen molar-refractivity contribution in [2.24, 2.45) is 5.73 Å². The van der Waals surface area contributed by atoms with Crippen LogP contribution in [0.5, 0.6) is 0 Å². The van der Waals surface area contributed by atoms with Crippen molar-refractivity contribution in [3.05, 3.63) is 29.6 Å². The van der Waals surface area contributed by atoms with Gasteiger partial charge in [0.2, 0.25) is 0 Å². The number of nitrogens with zero attached hydrogens (tertiary/aromatic N) is 1. The summed E-state index contributed by atoms with van der Waals surface area (Å²) in [6.45, 7) is 7.05. The molecule has 1 aromatic carbocycles. The molecule has 0 saturated carbocycles. The molecule has 2 nitrogen and oxygen atoms in total. The van der Waals surface area contributed by atoms with Crippen LogP contribution in [0.2, 0.25) is 0 Å². The molecule has 1 atom stereocenters. The Morgan fingerprint density at radius 1 is 1.47 bits per heavy atom. The molecule has 2 N–H and O–H groups in total. The normalized spacial score (nSPS) is 12.2. The third kappa shape index (κ3) is 2.94. The van der Waals surface area contributed by atoms with Crippen molar-refractivity contribution in [1.82, 2.24) is 0 Å². The summed E-state index contributed by atoms with van der Waals surface area (Å²) in [5.41, 5.74) is 6.75. The Balaban J connectivity index is 3.28. The number of halogens is 1. The lowest BCUT2D eigenvalue weighted by atomic mass is 10.1. The van der Waals surface area contributed by atoms with Crippen molar-refractivity contribution in [3.8, 4) is 0 Å². The minimum atomic E-state index is -0.350. The summed E-state index contributed by atoms with van der Waals surface area (Å²) in [6, 6.07) is 5.28. The zero-order valence-corrected chi connectivity index (χ0v) is 11.4. The first kappa shape index (κ1) is 13.9. The fraction of sp³-hybridized carbons (Fsp3) is 0.462. The van der Waals surface area contributed by atoms with E-state index in [0.29, 0.717) is 11.6 Å². The Hall–Kier alpha value is -1.16. The number of benzene rings is 1. The summed E-state index contributed by atoms with van der Waals surface area (Å²) >= 11 is 4.94. The summed E-state index contributed by atoms with van der Waals surface area (Å²) in [5.74, 6) is -0.350. The maximum absolute atomic E-state index is 13.8. The van der Waals surface area contributed by atoms with Gasteiger partial charge in [0.1, 0.15) is 10.8 Å². The molecule has 0 aliphatic carbocycles. The molecule has 4 heteroatoms. The van der Waals surface area contributed by atoms with E-state index in [0.717, 1.165) is 18.7 Å². The maximum Gasteiger partial charge on any atom is 0.135 e. The first-order valence-electron chi connectivity index (χ1n) is 5.87. The molecule has 0 aliphatic heterocycles. The van der Waals surface area contributed by atoms with Gasteiger partial charge in [-0.25, -0.2) is 4.39 Å². The van der Waals surface area contributed by atoms with Crippen LogP contribution < -0.4 is 10.6 Å². The van der Waals surface area contributed by atoms with Gasteiger partial charge in [0.05, 0.1) is 11.3 Å². The highest BCUT2D eigenvalue weighted by Gasteiger charge is 2.18. The van der Waals surface area contributed by atoms with Crippen LogP contribution in [-0.2, 0) is 0 Å². The van der Waals surface area contributed by atoms with Crippen LogP contribution in [0.1, 0.15) is 32.8 Å². The Morgan fingerprint density at radius 3 is 2.59 bits per heavy atom. The second kappa shape index (κ2) is 5.96. The summed E-state index contributed by atoms with van der Waals surface area (Å²) < 4.78 is 13.8. The molecule has 1 rings (SSSR count). The van der Waals surface area contributed by atoms with E-state index in [4.69, 9.17) is 18.0 Å². The van der Waals surface area contributed by atoms with Gasteiger partial charge in [0.25, 0.3) is 0 Å². The van der Waals surface area contributed by atoms with Gasteiger partial charge in [-0.2, -0.15) is 0 Å². The van der Waals surface area contributed by atoms with Crippen LogP contribution in [0.25, 0.3) is 0 Å². The molecule has 0 aromatic heterocycles. The van der Waals surface area contributed by atoms with Crippen molar-refractivity contribution in [1.29, 1.82) is 0 Å². The van der Waals surface area contributed by atoms with E-state index in [1.54, 1.807) is 6.07 Å². The number of hydrogen-bond donors (Lipinski definition) is 1. The average Bonchev–Trinajstić information content (AvgIpc) is 2.29. The molecule has 0 bridgehead atoms. The smallest absolute Gasteiger partial charge is 0.135 e. The lowest BCUT2D eigenvalue weighted by molar-refractivity contribution is 0.609. The number of nitrogens with two attached hydrogens (primary N) is 1. The van der Waals surface area contributed by atoms with Crippen LogP contribution in [0.4, 0.5) is 10.1 Å². The van der Waals surface area contributed by atoms with Crippen molar-refractivity contribution in [2.75, 3.05) is 11.4 Å². The van der Waals surface area contributed by atoms with Crippen LogP contribution >= 0.6 is 12.2 Å². The molecule has 0 amide bonds. The Kier molecular flexibility index (Phi) is 4.87. The predicted octanol–water partition coefficient (Wildman–Crippen LogP) is 3.08. The van der Waals surface area contributed by atoms with Gasteiger partial charge in [-0.05, 0) is 32.4 Å². The first-order chi connectivity index (χ1) is 8.02. The molecule has 1 unspecified atom stereocenters. The predicted molar refractivity (Wildman–Crippen MR) is 75.1 cm³/mol. The van der Waals surface area contributed by atoms with Crippen molar-refractivity contribution >= 4 is 22.9 Å². The highest BCUT2D eigenvalue weighted by atomic mass is 32.1. The molecule has 1 aromatic rings. The fourth-order valence-corrected chi connectivity index (χ4v) is 2.14. The second-order valence-corrected chi connectivity index (χ2v) is 4.48. The van der Waals surface area contributed by atoms with E-state index in [9.17, 15) is 4.39 Å². The van der Waals surface area contributed by atoms with Gasteiger partial charge in [-0.1, -0.05) is 25.2 Å². The van der Waals surface area contributed by atoms with Gasteiger partial charge < -0.3 is 10.6 Å². The van der Waals surface area contributed by atoms with Crippen LogP contribution in [0.15, 0.2) is 18.2 Å². The van der Waals surface area contributed by atoms with E-state index < -0.39 is 0 Å². The van der Waals surface area contributed by atoms with Gasteiger partial charge in [0.15, 0.2) is 0 Å². The highest BCUT2D eigenvalue weighted by Crippen LogP contribution is 2.25. The first-order valence-corrected chi connectivity index (χ1v) is 6.28. The number of anilines is 1. The highest BCUT2D eigenvalue weighted by molar-refractivity contribution is 7.80. The molecular weight excluding hydrogens is 235 g/mol. The van der Waals surface area contributed by atoms with Crippen LogP contribution in [0, 0.1) is 5.82 Å². The molecule has 0 aliphatic rings. The average molecular weight is 254 g/mol. The fourth-order valence-electron chi connectivity index (χ4n) is 1.94. The minimum Gasteiger partial charge on any atom is -0.389 e. The molecule has 0 saturated heterocycles. The van der Waals surface area contributed by atoms with Gasteiger partial charge in [-0.15, -0.1) is 0 Å². The summed E-state index contributed by atoms with van der Waals surface area (Å²) in [5, 5.41) is 0.